The van der Waals surface area contributed by atoms with Crippen molar-refractivity contribution in [1.29, 1.82) is 0 Å². The van der Waals surface area contributed by atoms with Crippen molar-refractivity contribution in [2.75, 3.05) is 5.32 Å². The molecule has 118 valence electrons. The fraction of sp³-hybridized carbons (Fsp3) is 0.333. The van der Waals surface area contributed by atoms with E-state index in [0.29, 0.717) is 12.2 Å². The van der Waals surface area contributed by atoms with Crippen LogP contribution in [0.15, 0.2) is 30.3 Å². The van der Waals surface area contributed by atoms with Gasteiger partial charge in [-0.05, 0) is 44.2 Å². The molecule has 1 N–H and O–H groups in total. The summed E-state index contributed by atoms with van der Waals surface area (Å²) in [5.74, 6) is -0.120. The number of hydrogen-bond acceptors (Lipinski definition) is 3. The molecule has 0 aliphatic carbocycles. The van der Waals surface area contributed by atoms with Crippen LogP contribution in [0.1, 0.15) is 17.8 Å². The number of aromatic nitrogens is 2. The van der Waals surface area contributed by atoms with Gasteiger partial charge in [0.2, 0.25) is 5.91 Å². The number of nitrogens with zero attached hydrogens (tertiary/aromatic N) is 2. The molecule has 0 aliphatic rings. The Hall–Kier alpha value is -2.44. The third-order valence-corrected chi connectivity index (χ3v) is 3.02. The average molecular weight is 309 g/mol. The highest BCUT2D eigenvalue weighted by Crippen LogP contribution is 2.17. The van der Waals surface area contributed by atoms with Crippen LogP contribution in [0.4, 0.5) is 14.5 Å². The van der Waals surface area contributed by atoms with E-state index in [1.54, 1.807) is 4.68 Å². The van der Waals surface area contributed by atoms with Crippen LogP contribution in [0.25, 0.3) is 0 Å². The number of halogens is 2. The largest absolute Gasteiger partial charge is 0.435 e. The average Bonchev–Trinajstić information content (AvgIpc) is 2.76. The van der Waals surface area contributed by atoms with Crippen LogP contribution in [0.3, 0.4) is 0 Å². The Labute approximate surface area is 126 Å². The van der Waals surface area contributed by atoms with Gasteiger partial charge < -0.3 is 10.1 Å². The molecule has 0 fully saturated rings. The van der Waals surface area contributed by atoms with Gasteiger partial charge in [0.1, 0.15) is 5.75 Å². The zero-order valence-corrected chi connectivity index (χ0v) is 12.3. The number of anilines is 1. The van der Waals surface area contributed by atoms with Gasteiger partial charge in [0.15, 0.2) is 0 Å². The number of rotatable bonds is 6. The van der Waals surface area contributed by atoms with Gasteiger partial charge in [-0.3, -0.25) is 9.48 Å². The Morgan fingerprint density at radius 3 is 2.55 bits per heavy atom. The van der Waals surface area contributed by atoms with Gasteiger partial charge in [0, 0.05) is 24.3 Å². The zero-order chi connectivity index (χ0) is 16.1. The summed E-state index contributed by atoms with van der Waals surface area (Å²) in [6, 6.07) is 7.73. The van der Waals surface area contributed by atoms with E-state index in [1.807, 2.05) is 19.9 Å². The molecule has 0 radical (unpaired) electrons. The number of ether oxygens (including phenoxy) is 1. The van der Waals surface area contributed by atoms with Crippen molar-refractivity contribution in [1.82, 2.24) is 9.78 Å². The Morgan fingerprint density at radius 1 is 1.32 bits per heavy atom. The van der Waals surface area contributed by atoms with Crippen molar-refractivity contribution >= 4 is 11.6 Å². The summed E-state index contributed by atoms with van der Waals surface area (Å²) in [5, 5.41) is 6.97. The summed E-state index contributed by atoms with van der Waals surface area (Å²) in [6.07, 6.45) is 0.275. The lowest BCUT2D eigenvalue weighted by Crippen LogP contribution is -2.15. The predicted octanol–water partition coefficient (Wildman–Crippen LogP) is 3.13. The summed E-state index contributed by atoms with van der Waals surface area (Å²) < 4.78 is 30.1. The van der Waals surface area contributed by atoms with Gasteiger partial charge in [-0.15, -0.1) is 0 Å². The smallest absolute Gasteiger partial charge is 0.387 e. The molecule has 0 unspecified atom stereocenters. The Kier molecular flexibility index (Phi) is 5.08. The molecule has 2 aromatic rings. The lowest BCUT2D eigenvalue weighted by Gasteiger charge is -2.08. The van der Waals surface area contributed by atoms with Gasteiger partial charge in [-0.1, -0.05) is 0 Å². The minimum Gasteiger partial charge on any atom is -0.435 e. The molecule has 1 amide bonds. The van der Waals surface area contributed by atoms with Crippen LogP contribution in [-0.2, 0) is 11.3 Å². The molecule has 0 saturated carbocycles. The van der Waals surface area contributed by atoms with Crippen LogP contribution in [0.2, 0.25) is 0 Å². The first-order valence-electron chi connectivity index (χ1n) is 6.80. The quantitative estimate of drug-likeness (QED) is 0.892. The lowest BCUT2D eigenvalue weighted by atomic mass is 10.3. The number of nitrogens with one attached hydrogen (secondary N) is 1. The second kappa shape index (κ2) is 7.02. The number of aryl methyl sites for hydroxylation is 3. The number of carbonyl (C=O) groups excluding carboxylic acids is 1. The van der Waals surface area contributed by atoms with Crippen LogP contribution >= 0.6 is 0 Å². The normalized spacial score (nSPS) is 10.8. The SMILES string of the molecule is Cc1cc(C)n(CCC(=O)Nc2ccc(OC(F)F)cc2)n1. The highest BCUT2D eigenvalue weighted by Gasteiger charge is 2.07. The van der Waals surface area contributed by atoms with Crippen molar-refractivity contribution in [2.24, 2.45) is 0 Å². The van der Waals surface area contributed by atoms with E-state index < -0.39 is 6.61 Å². The molecular weight excluding hydrogens is 292 g/mol. The van der Waals surface area contributed by atoms with E-state index in [9.17, 15) is 13.6 Å². The molecule has 0 aliphatic heterocycles. The van der Waals surface area contributed by atoms with E-state index >= 15 is 0 Å². The first kappa shape index (κ1) is 15.9. The number of amides is 1. The molecule has 2 rings (SSSR count). The van der Waals surface area contributed by atoms with Crippen LogP contribution < -0.4 is 10.1 Å². The topological polar surface area (TPSA) is 56.2 Å². The molecule has 0 bridgehead atoms. The standard InChI is InChI=1S/C15H17F2N3O2/c1-10-9-11(2)20(19-10)8-7-14(21)18-12-3-5-13(6-4-12)22-15(16)17/h3-6,9,15H,7-8H2,1-2H3,(H,18,21). The third kappa shape index (κ3) is 4.54. The lowest BCUT2D eigenvalue weighted by molar-refractivity contribution is -0.116. The summed E-state index contributed by atoms with van der Waals surface area (Å²) in [7, 11) is 0. The Morgan fingerprint density at radius 2 is 2.00 bits per heavy atom. The third-order valence-electron chi connectivity index (χ3n) is 3.02. The highest BCUT2D eigenvalue weighted by molar-refractivity contribution is 5.90. The van der Waals surface area contributed by atoms with Gasteiger partial charge in [-0.25, -0.2) is 0 Å². The molecular formula is C15H17F2N3O2. The maximum Gasteiger partial charge on any atom is 0.387 e. The van der Waals surface area contributed by atoms with Gasteiger partial charge >= 0.3 is 6.61 Å². The van der Waals surface area contributed by atoms with Crippen LogP contribution in [0.5, 0.6) is 5.75 Å². The molecule has 7 heteroatoms. The second-order valence-corrected chi connectivity index (χ2v) is 4.85. The molecule has 0 atom stereocenters. The van der Waals surface area contributed by atoms with Crippen molar-refractivity contribution in [3.8, 4) is 5.75 Å². The van der Waals surface area contributed by atoms with Crippen molar-refractivity contribution in [3.05, 3.63) is 41.7 Å². The summed E-state index contributed by atoms with van der Waals surface area (Å²) >= 11 is 0. The fourth-order valence-electron chi connectivity index (χ4n) is 2.05. The number of alkyl halides is 2. The monoisotopic (exact) mass is 309 g/mol. The van der Waals surface area contributed by atoms with Crippen LogP contribution in [0, 0.1) is 13.8 Å². The van der Waals surface area contributed by atoms with Gasteiger partial charge in [-0.2, -0.15) is 13.9 Å². The molecule has 1 aromatic heterocycles. The van der Waals surface area contributed by atoms with E-state index in [-0.39, 0.29) is 18.1 Å². The molecule has 0 saturated heterocycles. The van der Waals surface area contributed by atoms with Gasteiger partial charge in [0.05, 0.1) is 5.69 Å². The minimum atomic E-state index is -2.86. The van der Waals surface area contributed by atoms with E-state index in [4.69, 9.17) is 0 Å². The molecule has 5 nitrogen and oxygen atoms in total. The maximum absolute atomic E-state index is 12.0. The van der Waals surface area contributed by atoms with E-state index in [0.717, 1.165) is 11.4 Å². The van der Waals surface area contributed by atoms with Crippen molar-refractivity contribution in [3.63, 3.8) is 0 Å². The second-order valence-electron chi connectivity index (χ2n) is 4.85. The molecule has 1 aromatic carbocycles. The maximum atomic E-state index is 12.0. The van der Waals surface area contributed by atoms with E-state index in [1.165, 1.54) is 24.3 Å². The van der Waals surface area contributed by atoms with E-state index in [2.05, 4.69) is 15.2 Å². The fourth-order valence-corrected chi connectivity index (χ4v) is 2.05. The van der Waals surface area contributed by atoms with Crippen molar-refractivity contribution in [2.45, 2.75) is 33.4 Å². The van der Waals surface area contributed by atoms with Gasteiger partial charge in [0.25, 0.3) is 0 Å². The van der Waals surface area contributed by atoms with Crippen molar-refractivity contribution < 1.29 is 18.3 Å². The molecule has 1 heterocycles. The summed E-state index contributed by atoms with van der Waals surface area (Å²) in [5.41, 5.74) is 2.44. The predicted molar refractivity (Wildman–Crippen MR) is 78.0 cm³/mol. The Balaban J connectivity index is 1.85. The summed E-state index contributed by atoms with van der Waals surface area (Å²) in [6.45, 7) is 1.45. The Bertz CT molecular complexity index is 639. The first-order chi connectivity index (χ1) is 10.4. The zero-order valence-electron chi connectivity index (χ0n) is 12.3. The highest BCUT2D eigenvalue weighted by atomic mass is 19.3. The number of benzene rings is 1. The number of hydrogen-bond donors (Lipinski definition) is 1. The minimum absolute atomic E-state index is 0.0515. The molecule has 22 heavy (non-hydrogen) atoms. The summed E-state index contributed by atoms with van der Waals surface area (Å²) in [4.78, 5) is 11.9. The molecule has 0 spiro atoms. The number of carbonyl (C=O) groups is 1. The van der Waals surface area contributed by atoms with Crippen LogP contribution in [-0.4, -0.2) is 22.3 Å². The first-order valence-corrected chi connectivity index (χ1v) is 6.80.